The number of hydrogen-bond donors (Lipinski definition) is 1. The standard InChI is InChI=1S/C11H11N5O/c1-14-10-9(3-2-6-15-10)11(17)16(7-4-12)8-5-13/h2-3,6H,7-8H2,1H3,(H,14,15). The molecule has 6 heteroatoms. The number of aromatic nitrogens is 1. The summed E-state index contributed by atoms with van der Waals surface area (Å²) in [5, 5.41) is 20.0. The first-order valence-corrected chi connectivity index (χ1v) is 4.90. The lowest BCUT2D eigenvalue weighted by Gasteiger charge is -2.17. The Balaban J connectivity index is 3.02. The van der Waals surface area contributed by atoms with Crippen molar-refractivity contribution in [1.29, 1.82) is 10.5 Å². The van der Waals surface area contributed by atoms with E-state index in [9.17, 15) is 4.79 Å². The number of nitriles is 2. The lowest BCUT2D eigenvalue weighted by molar-refractivity contribution is 0.0795. The maximum absolute atomic E-state index is 12.0. The largest absolute Gasteiger partial charge is 0.372 e. The number of hydrogen-bond acceptors (Lipinski definition) is 5. The molecule has 1 heterocycles. The molecule has 0 atom stereocenters. The normalized spacial score (nSPS) is 8.88. The molecule has 1 amide bonds. The van der Waals surface area contributed by atoms with Crippen LogP contribution in [0.3, 0.4) is 0 Å². The van der Waals surface area contributed by atoms with Crippen LogP contribution < -0.4 is 5.32 Å². The summed E-state index contributed by atoms with van der Waals surface area (Å²) in [5.41, 5.74) is 0.348. The zero-order valence-corrected chi connectivity index (χ0v) is 9.34. The minimum absolute atomic E-state index is 0.121. The van der Waals surface area contributed by atoms with E-state index < -0.39 is 0 Å². The fraction of sp³-hybridized carbons (Fsp3) is 0.273. The molecule has 0 bridgehead atoms. The number of carbonyl (C=O) groups is 1. The molecule has 1 aromatic rings. The second-order valence-corrected chi connectivity index (χ2v) is 3.13. The van der Waals surface area contributed by atoms with Crippen LogP contribution in [0.15, 0.2) is 18.3 Å². The van der Waals surface area contributed by atoms with Gasteiger partial charge < -0.3 is 10.2 Å². The van der Waals surface area contributed by atoms with Gasteiger partial charge in [-0.05, 0) is 12.1 Å². The summed E-state index contributed by atoms with van der Waals surface area (Å²) in [6.07, 6.45) is 1.56. The van der Waals surface area contributed by atoms with E-state index in [0.717, 1.165) is 4.90 Å². The maximum atomic E-state index is 12.0. The average molecular weight is 229 g/mol. The van der Waals surface area contributed by atoms with E-state index in [0.29, 0.717) is 11.4 Å². The summed E-state index contributed by atoms with van der Waals surface area (Å²) in [6.45, 7) is -0.241. The third-order valence-corrected chi connectivity index (χ3v) is 2.09. The smallest absolute Gasteiger partial charge is 0.259 e. The zero-order chi connectivity index (χ0) is 12.7. The van der Waals surface area contributed by atoms with E-state index in [1.165, 1.54) is 0 Å². The van der Waals surface area contributed by atoms with Crippen molar-refractivity contribution in [1.82, 2.24) is 9.88 Å². The fourth-order valence-corrected chi connectivity index (χ4v) is 1.32. The van der Waals surface area contributed by atoms with Crippen molar-refractivity contribution in [3.05, 3.63) is 23.9 Å². The van der Waals surface area contributed by atoms with Crippen molar-refractivity contribution in [2.24, 2.45) is 0 Å². The van der Waals surface area contributed by atoms with Crippen LogP contribution >= 0.6 is 0 Å². The molecule has 0 radical (unpaired) electrons. The Bertz CT molecular complexity index is 469. The molecular formula is C11H11N5O. The predicted molar refractivity (Wildman–Crippen MR) is 60.9 cm³/mol. The Morgan fingerprint density at radius 2 is 2.12 bits per heavy atom. The van der Waals surface area contributed by atoms with Crippen LogP contribution in [0, 0.1) is 22.7 Å². The summed E-state index contributed by atoms with van der Waals surface area (Å²) in [6, 6.07) is 6.94. The molecule has 1 aromatic heterocycles. The van der Waals surface area contributed by atoms with E-state index in [1.54, 1.807) is 25.4 Å². The summed E-state index contributed by atoms with van der Waals surface area (Å²) in [7, 11) is 1.65. The number of pyridine rings is 1. The van der Waals surface area contributed by atoms with E-state index in [2.05, 4.69) is 10.3 Å². The Labute approximate surface area is 99.1 Å². The molecule has 0 fully saturated rings. The molecular weight excluding hydrogens is 218 g/mol. The van der Waals surface area contributed by atoms with Gasteiger partial charge in [-0.15, -0.1) is 0 Å². The highest BCUT2D eigenvalue weighted by Gasteiger charge is 2.18. The van der Waals surface area contributed by atoms with Crippen LogP contribution in [-0.2, 0) is 0 Å². The van der Waals surface area contributed by atoms with Crippen LogP contribution in [0.5, 0.6) is 0 Å². The SMILES string of the molecule is CNc1ncccc1C(=O)N(CC#N)CC#N. The minimum Gasteiger partial charge on any atom is -0.372 e. The van der Waals surface area contributed by atoms with Crippen LogP contribution in [0.25, 0.3) is 0 Å². The van der Waals surface area contributed by atoms with E-state index in [4.69, 9.17) is 10.5 Å². The second kappa shape index (κ2) is 6.09. The van der Waals surface area contributed by atoms with Gasteiger partial charge in [-0.25, -0.2) is 4.98 Å². The highest BCUT2D eigenvalue weighted by molar-refractivity contribution is 5.98. The van der Waals surface area contributed by atoms with Crippen molar-refractivity contribution in [2.45, 2.75) is 0 Å². The van der Waals surface area contributed by atoms with Crippen LogP contribution in [0.4, 0.5) is 5.82 Å². The van der Waals surface area contributed by atoms with Gasteiger partial charge in [0.15, 0.2) is 0 Å². The third-order valence-electron chi connectivity index (χ3n) is 2.09. The van der Waals surface area contributed by atoms with Crippen LogP contribution in [0.2, 0.25) is 0 Å². The highest BCUT2D eigenvalue weighted by Crippen LogP contribution is 2.13. The lowest BCUT2D eigenvalue weighted by Crippen LogP contribution is -2.32. The first-order valence-electron chi connectivity index (χ1n) is 4.90. The summed E-state index contributed by atoms with van der Waals surface area (Å²) in [5.74, 6) is 0.0453. The molecule has 0 aromatic carbocycles. The monoisotopic (exact) mass is 229 g/mol. The summed E-state index contributed by atoms with van der Waals surface area (Å²) in [4.78, 5) is 17.2. The molecule has 0 aliphatic heterocycles. The van der Waals surface area contributed by atoms with Gasteiger partial charge in [0, 0.05) is 13.2 Å². The molecule has 6 nitrogen and oxygen atoms in total. The van der Waals surface area contributed by atoms with Gasteiger partial charge in [0.1, 0.15) is 18.9 Å². The van der Waals surface area contributed by atoms with Crippen molar-refractivity contribution in [2.75, 3.05) is 25.5 Å². The molecule has 1 N–H and O–H groups in total. The molecule has 0 aliphatic carbocycles. The van der Waals surface area contributed by atoms with E-state index in [-0.39, 0.29) is 19.0 Å². The lowest BCUT2D eigenvalue weighted by atomic mass is 10.2. The zero-order valence-electron chi connectivity index (χ0n) is 9.34. The molecule has 0 spiro atoms. The quantitative estimate of drug-likeness (QED) is 0.763. The second-order valence-electron chi connectivity index (χ2n) is 3.13. The number of rotatable bonds is 4. The van der Waals surface area contributed by atoms with Gasteiger partial charge in [0.05, 0.1) is 17.7 Å². The van der Waals surface area contributed by atoms with Crippen LogP contribution in [-0.4, -0.2) is 35.9 Å². The van der Waals surface area contributed by atoms with Crippen LogP contribution in [0.1, 0.15) is 10.4 Å². The minimum atomic E-state index is -0.384. The van der Waals surface area contributed by atoms with Crippen molar-refractivity contribution >= 4 is 11.7 Å². The fourth-order valence-electron chi connectivity index (χ4n) is 1.32. The van der Waals surface area contributed by atoms with Gasteiger partial charge in [-0.1, -0.05) is 0 Å². The number of anilines is 1. The van der Waals surface area contributed by atoms with Gasteiger partial charge in [0.25, 0.3) is 5.91 Å². The molecule has 0 saturated carbocycles. The topological polar surface area (TPSA) is 92.8 Å². The van der Waals surface area contributed by atoms with Gasteiger partial charge in [0.2, 0.25) is 0 Å². The van der Waals surface area contributed by atoms with Crippen molar-refractivity contribution in [3.8, 4) is 12.1 Å². The first kappa shape index (κ1) is 12.5. The first-order chi connectivity index (χ1) is 8.24. The Morgan fingerprint density at radius 3 is 2.65 bits per heavy atom. The number of carbonyl (C=O) groups excluding carboxylic acids is 1. The van der Waals surface area contributed by atoms with Gasteiger partial charge >= 0.3 is 0 Å². The predicted octanol–water partition coefficient (Wildman–Crippen LogP) is 0.613. The van der Waals surface area contributed by atoms with Gasteiger partial charge in [-0.3, -0.25) is 4.79 Å². The molecule has 86 valence electrons. The Kier molecular flexibility index (Phi) is 4.46. The Morgan fingerprint density at radius 1 is 1.47 bits per heavy atom. The Hall–Kier alpha value is -2.60. The van der Waals surface area contributed by atoms with Gasteiger partial charge in [-0.2, -0.15) is 10.5 Å². The number of amides is 1. The molecule has 0 saturated heterocycles. The summed E-state index contributed by atoms with van der Waals surface area (Å²) < 4.78 is 0. The molecule has 0 aliphatic rings. The highest BCUT2D eigenvalue weighted by atomic mass is 16.2. The number of nitrogens with zero attached hydrogens (tertiary/aromatic N) is 4. The molecule has 0 unspecified atom stereocenters. The van der Waals surface area contributed by atoms with Crippen molar-refractivity contribution < 1.29 is 4.79 Å². The maximum Gasteiger partial charge on any atom is 0.259 e. The third kappa shape index (κ3) is 2.93. The number of nitrogens with one attached hydrogen (secondary N) is 1. The van der Waals surface area contributed by atoms with E-state index >= 15 is 0 Å². The van der Waals surface area contributed by atoms with E-state index in [1.807, 2.05) is 12.1 Å². The summed E-state index contributed by atoms with van der Waals surface area (Å²) >= 11 is 0. The molecule has 17 heavy (non-hydrogen) atoms. The molecule has 1 rings (SSSR count). The van der Waals surface area contributed by atoms with Crippen molar-refractivity contribution in [3.63, 3.8) is 0 Å². The average Bonchev–Trinajstić information content (AvgIpc) is 2.37.